The number of para-hydroxylation sites is 1. The van der Waals surface area contributed by atoms with E-state index in [9.17, 15) is 14.4 Å². The molecule has 2 heterocycles. The van der Waals surface area contributed by atoms with Crippen LogP contribution in [-0.2, 0) is 27.2 Å². The maximum absolute atomic E-state index is 13.4. The molecule has 8 nitrogen and oxygen atoms in total. The van der Waals surface area contributed by atoms with Gasteiger partial charge < -0.3 is 20.3 Å². The van der Waals surface area contributed by atoms with E-state index in [4.69, 9.17) is 4.74 Å². The molecule has 2 aromatic carbocycles. The molecule has 0 aliphatic carbocycles. The van der Waals surface area contributed by atoms with Crippen molar-refractivity contribution in [2.75, 3.05) is 33.3 Å². The molecule has 198 valence electrons. The van der Waals surface area contributed by atoms with Crippen LogP contribution in [0.1, 0.15) is 30.4 Å². The number of nitrogens with one attached hydrogen (secondary N) is 2. The third-order valence-corrected chi connectivity index (χ3v) is 8.40. The van der Waals surface area contributed by atoms with Gasteiger partial charge in [-0.2, -0.15) is 0 Å². The summed E-state index contributed by atoms with van der Waals surface area (Å²) >= 11 is 1.98. The van der Waals surface area contributed by atoms with Gasteiger partial charge in [0.2, 0.25) is 11.8 Å². The highest BCUT2D eigenvalue weighted by Crippen LogP contribution is 2.23. The molecule has 1 saturated heterocycles. The number of hydrogen-bond acceptors (Lipinski definition) is 5. The van der Waals surface area contributed by atoms with Crippen molar-refractivity contribution < 1.29 is 19.1 Å². The number of ether oxygens (including phenoxy) is 1. The van der Waals surface area contributed by atoms with Crippen LogP contribution in [0.5, 0.6) is 5.75 Å². The lowest BCUT2D eigenvalue weighted by Crippen LogP contribution is -2.55. The molecule has 4 rings (SSSR count). The first kappa shape index (κ1) is 27.4. The number of benzene rings is 2. The Kier molecular flexibility index (Phi) is 9.79. The lowest BCUT2D eigenvalue weighted by molar-refractivity contribution is -0.139. The van der Waals surface area contributed by atoms with Gasteiger partial charge in [-0.05, 0) is 72.0 Å². The van der Waals surface area contributed by atoms with Gasteiger partial charge in [0, 0.05) is 26.6 Å². The van der Waals surface area contributed by atoms with E-state index >= 15 is 0 Å². The van der Waals surface area contributed by atoms with Crippen LogP contribution in [-0.4, -0.2) is 76.9 Å². The molecule has 37 heavy (non-hydrogen) atoms. The monoisotopic (exact) mass is 618 g/mol. The molecular formula is C28H35IN4O4. The summed E-state index contributed by atoms with van der Waals surface area (Å²) in [6, 6.07) is 16.6. The second-order valence-corrected chi connectivity index (χ2v) is 10.8. The highest BCUT2D eigenvalue weighted by atomic mass is 127. The fraction of sp³-hybridized carbons (Fsp3) is 0.464. The van der Waals surface area contributed by atoms with Crippen LogP contribution in [0.15, 0.2) is 54.6 Å². The third-order valence-electron chi connectivity index (χ3n) is 7.00. The Hall–Kier alpha value is -2.66. The summed E-state index contributed by atoms with van der Waals surface area (Å²) in [5, 5.41) is 5.90. The highest BCUT2D eigenvalue weighted by molar-refractivity contribution is 14.1. The van der Waals surface area contributed by atoms with Crippen molar-refractivity contribution in [3.8, 4) is 5.75 Å². The number of fused-ring (bicyclic) bond motifs is 2. The van der Waals surface area contributed by atoms with E-state index in [2.05, 4.69) is 15.5 Å². The molecular weight excluding hydrogens is 583 g/mol. The fourth-order valence-corrected chi connectivity index (χ4v) is 5.39. The van der Waals surface area contributed by atoms with Gasteiger partial charge in [0.05, 0.1) is 6.04 Å². The summed E-state index contributed by atoms with van der Waals surface area (Å²) in [6.45, 7) is 2.44. The predicted octanol–water partition coefficient (Wildman–Crippen LogP) is 2.54. The molecule has 0 spiro atoms. The first-order valence-electron chi connectivity index (χ1n) is 12.9. The third kappa shape index (κ3) is 7.22. The minimum Gasteiger partial charge on any atom is -0.492 e. The molecule has 2 aromatic rings. The van der Waals surface area contributed by atoms with Gasteiger partial charge in [-0.15, -0.1) is 0 Å². The lowest BCUT2D eigenvalue weighted by Gasteiger charge is -2.31. The van der Waals surface area contributed by atoms with Crippen molar-refractivity contribution in [2.45, 2.75) is 48.2 Å². The van der Waals surface area contributed by atoms with Crippen LogP contribution >= 0.6 is 22.6 Å². The van der Waals surface area contributed by atoms with Crippen LogP contribution in [0.3, 0.4) is 0 Å². The molecule has 0 saturated carbocycles. The number of halogens is 1. The number of rotatable bonds is 2. The molecule has 0 bridgehead atoms. The van der Waals surface area contributed by atoms with Crippen LogP contribution in [0.4, 0.5) is 0 Å². The SMILES string of the molecule is CN1C(=O)C2CCCN2CCOc2ccccc2CCCNC(=O)[C@@H](Cc2ccccc2)NC(=O)[C@H]1I. The molecule has 1 unspecified atom stereocenters. The van der Waals surface area contributed by atoms with Gasteiger partial charge in [0.25, 0.3) is 5.91 Å². The molecule has 3 amide bonds. The average molecular weight is 619 g/mol. The lowest BCUT2D eigenvalue weighted by atomic mass is 10.0. The summed E-state index contributed by atoms with van der Waals surface area (Å²) in [4.78, 5) is 43.4. The van der Waals surface area contributed by atoms with Gasteiger partial charge in [-0.1, -0.05) is 48.5 Å². The maximum Gasteiger partial charge on any atom is 0.253 e. The van der Waals surface area contributed by atoms with E-state index in [-0.39, 0.29) is 23.8 Å². The van der Waals surface area contributed by atoms with Crippen molar-refractivity contribution >= 4 is 40.3 Å². The van der Waals surface area contributed by atoms with E-state index in [0.29, 0.717) is 26.1 Å². The van der Waals surface area contributed by atoms with Gasteiger partial charge in [0.15, 0.2) is 4.05 Å². The van der Waals surface area contributed by atoms with E-state index in [1.165, 1.54) is 4.90 Å². The van der Waals surface area contributed by atoms with Gasteiger partial charge in [-0.3, -0.25) is 19.3 Å². The number of likely N-dealkylation sites (N-methyl/N-ethyl adjacent to an activating group) is 1. The van der Waals surface area contributed by atoms with Gasteiger partial charge in [0.1, 0.15) is 18.4 Å². The quantitative estimate of drug-likeness (QED) is 0.307. The van der Waals surface area contributed by atoms with Crippen molar-refractivity contribution in [1.82, 2.24) is 20.4 Å². The molecule has 0 radical (unpaired) electrons. The zero-order chi connectivity index (χ0) is 26.2. The highest BCUT2D eigenvalue weighted by Gasteiger charge is 2.36. The Bertz CT molecular complexity index is 1080. The Labute approximate surface area is 232 Å². The van der Waals surface area contributed by atoms with E-state index in [1.54, 1.807) is 7.05 Å². The summed E-state index contributed by atoms with van der Waals surface area (Å²) in [5.41, 5.74) is 2.04. The normalized spacial score (nSPS) is 24.6. The summed E-state index contributed by atoms with van der Waals surface area (Å²) in [6.07, 6.45) is 3.56. The number of alkyl halides is 1. The van der Waals surface area contributed by atoms with Crippen molar-refractivity contribution in [3.05, 3.63) is 65.7 Å². The summed E-state index contributed by atoms with van der Waals surface area (Å²) in [7, 11) is 1.66. The van der Waals surface area contributed by atoms with Crippen LogP contribution < -0.4 is 15.4 Å². The Morgan fingerprint density at radius 2 is 1.73 bits per heavy atom. The molecule has 9 heteroatoms. The molecule has 2 N–H and O–H groups in total. The van der Waals surface area contributed by atoms with E-state index in [0.717, 1.165) is 49.1 Å². The molecule has 2 aliphatic heterocycles. The number of carbonyl (C=O) groups is 3. The maximum atomic E-state index is 13.4. The molecule has 2 aliphatic rings. The van der Waals surface area contributed by atoms with E-state index < -0.39 is 10.1 Å². The Morgan fingerprint density at radius 1 is 0.973 bits per heavy atom. The van der Waals surface area contributed by atoms with Gasteiger partial charge >= 0.3 is 0 Å². The number of nitrogens with zero attached hydrogens (tertiary/aromatic N) is 2. The smallest absolute Gasteiger partial charge is 0.253 e. The van der Waals surface area contributed by atoms with Gasteiger partial charge in [-0.25, -0.2) is 0 Å². The van der Waals surface area contributed by atoms with E-state index in [1.807, 2.05) is 77.2 Å². The number of amides is 3. The minimum absolute atomic E-state index is 0.0855. The Morgan fingerprint density at radius 3 is 2.54 bits per heavy atom. The zero-order valence-corrected chi connectivity index (χ0v) is 23.4. The van der Waals surface area contributed by atoms with Crippen molar-refractivity contribution in [1.29, 1.82) is 0 Å². The van der Waals surface area contributed by atoms with Crippen LogP contribution in [0.2, 0.25) is 0 Å². The zero-order valence-electron chi connectivity index (χ0n) is 21.2. The Balaban J connectivity index is 1.55. The first-order chi connectivity index (χ1) is 17.9. The molecule has 1 fully saturated rings. The molecule has 3 atom stereocenters. The van der Waals surface area contributed by atoms with Crippen LogP contribution in [0, 0.1) is 0 Å². The van der Waals surface area contributed by atoms with Crippen molar-refractivity contribution in [2.24, 2.45) is 0 Å². The average Bonchev–Trinajstić information content (AvgIpc) is 3.38. The fourth-order valence-electron chi connectivity index (χ4n) is 4.93. The predicted molar refractivity (Wildman–Crippen MR) is 151 cm³/mol. The van der Waals surface area contributed by atoms with Crippen molar-refractivity contribution in [3.63, 3.8) is 0 Å². The summed E-state index contributed by atoms with van der Waals surface area (Å²) in [5.74, 6) is 0.172. The number of aryl methyl sites for hydroxylation is 1. The molecule has 0 aromatic heterocycles. The minimum atomic E-state index is -0.742. The topological polar surface area (TPSA) is 91.0 Å². The largest absolute Gasteiger partial charge is 0.492 e. The standard InChI is InChI=1S/C28H35IN4O4/c1-32-25(29)27(35)31-22(19-20-9-3-2-4-10-20)26(34)30-15-7-12-21-11-5-6-14-24(21)37-18-17-33-16-8-13-23(33)28(32)36/h2-6,9-11,14,22-23,25H,7-8,12-13,15-19H2,1H3,(H,30,34)(H,31,35)/t22-,23?,25+/m1/s1. The summed E-state index contributed by atoms with van der Waals surface area (Å²) < 4.78 is 5.39. The number of hydrogen-bond donors (Lipinski definition) is 2. The first-order valence-corrected chi connectivity index (χ1v) is 14.2. The number of carbonyl (C=O) groups excluding carboxylic acids is 3. The second kappa shape index (κ2) is 13.2. The van der Waals surface area contributed by atoms with Crippen LogP contribution in [0.25, 0.3) is 0 Å². The second-order valence-electron chi connectivity index (χ2n) is 9.58.